The van der Waals surface area contributed by atoms with Crippen LogP contribution in [-0.2, 0) is 19.4 Å². The Balaban J connectivity index is 1.58. The lowest BCUT2D eigenvalue weighted by molar-refractivity contribution is -0.402. The average Bonchev–Trinajstić information content (AvgIpc) is 2.94. The molecule has 1 unspecified atom stereocenters. The molecule has 1 aromatic heterocycles. The fourth-order valence-electron chi connectivity index (χ4n) is 2.68. The second kappa shape index (κ2) is 5.46. The lowest BCUT2D eigenvalue weighted by atomic mass is 9.88. The maximum Gasteiger partial charge on any atom is 0.433 e. The van der Waals surface area contributed by atoms with Crippen LogP contribution in [0, 0.1) is 10.1 Å². The molecular formula is C15H16N2O3. The highest BCUT2D eigenvalue weighted by Gasteiger charge is 2.18. The standard InChI is InChI=1S/C15H16N2O3/c18-17(19)15-8-7-14(20-15)10-16-13-6-5-11-3-1-2-4-12(11)9-13/h1-4,7-8,13,16H,5-6,9-10H2. The van der Waals surface area contributed by atoms with Gasteiger partial charge in [0, 0.05) is 6.04 Å². The van der Waals surface area contributed by atoms with E-state index in [2.05, 4.69) is 29.6 Å². The quantitative estimate of drug-likeness (QED) is 0.686. The maximum atomic E-state index is 10.5. The molecule has 1 atom stereocenters. The first kappa shape index (κ1) is 12.9. The Morgan fingerprint density at radius 3 is 2.80 bits per heavy atom. The number of nitro groups is 1. The van der Waals surface area contributed by atoms with Gasteiger partial charge in [-0.1, -0.05) is 24.3 Å². The molecule has 5 nitrogen and oxygen atoms in total. The van der Waals surface area contributed by atoms with Gasteiger partial charge in [-0.3, -0.25) is 10.1 Å². The van der Waals surface area contributed by atoms with Gasteiger partial charge in [-0.25, -0.2) is 0 Å². The minimum atomic E-state index is -0.514. The van der Waals surface area contributed by atoms with E-state index in [4.69, 9.17) is 4.42 Å². The molecule has 0 saturated heterocycles. The topological polar surface area (TPSA) is 68.3 Å². The Morgan fingerprint density at radius 1 is 1.25 bits per heavy atom. The van der Waals surface area contributed by atoms with Crippen LogP contribution in [0.25, 0.3) is 0 Å². The van der Waals surface area contributed by atoms with E-state index >= 15 is 0 Å². The molecule has 2 aromatic rings. The largest absolute Gasteiger partial charge is 0.433 e. The van der Waals surface area contributed by atoms with Gasteiger partial charge in [-0.2, -0.15) is 0 Å². The zero-order chi connectivity index (χ0) is 13.9. The summed E-state index contributed by atoms with van der Waals surface area (Å²) in [6, 6.07) is 11.9. The number of benzene rings is 1. The molecule has 20 heavy (non-hydrogen) atoms. The molecule has 1 aliphatic rings. The van der Waals surface area contributed by atoms with E-state index in [1.165, 1.54) is 17.2 Å². The van der Waals surface area contributed by atoms with Crippen LogP contribution in [0.4, 0.5) is 5.88 Å². The molecular weight excluding hydrogens is 256 g/mol. The number of furan rings is 1. The van der Waals surface area contributed by atoms with Crippen LogP contribution in [0.2, 0.25) is 0 Å². The Kier molecular flexibility index (Phi) is 3.52. The monoisotopic (exact) mass is 272 g/mol. The third-order valence-electron chi connectivity index (χ3n) is 3.74. The molecule has 0 amide bonds. The summed E-state index contributed by atoms with van der Waals surface area (Å²) in [5.41, 5.74) is 2.82. The van der Waals surface area contributed by atoms with Crippen LogP contribution in [0.1, 0.15) is 23.3 Å². The molecule has 1 aliphatic carbocycles. The van der Waals surface area contributed by atoms with Gasteiger partial charge in [-0.15, -0.1) is 0 Å². The molecule has 0 saturated carbocycles. The van der Waals surface area contributed by atoms with Crippen molar-refractivity contribution in [3.63, 3.8) is 0 Å². The molecule has 0 bridgehead atoms. The number of fused-ring (bicyclic) bond motifs is 1. The molecule has 1 heterocycles. The summed E-state index contributed by atoms with van der Waals surface area (Å²) in [4.78, 5) is 10.0. The Hall–Kier alpha value is -2.14. The molecule has 5 heteroatoms. The molecule has 104 valence electrons. The van der Waals surface area contributed by atoms with Crippen LogP contribution in [0.5, 0.6) is 0 Å². The Bertz CT molecular complexity index is 621. The fraction of sp³-hybridized carbons (Fsp3) is 0.333. The summed E-state index contributed by atoms with van der Waals surface area (Å²) >= 11 is 0. The van der Waals surface area contributed by atoms with E-state index in [9.17, 15) is 10.1 Å². The smallest absolute Gasteiger partial charge is 0.404 e. The van der Waals surface area contributed by atoms with Gasteiger partial charge >= 0.3 is 5.88 Å². The van der Waals surface area contributed by atoms with Crippen molar-refractivity contribution in [2.24, 2.45) is 0 Å². The third kappa shape index (κ3) is 2.72. The van der Waals surface area contributed by atoms with Crippen molar-refractivity contribution in [2.75, 3.05) is 0 Å². The molecule has 0 aliphatic heterocycles. The SMILES string of the molecule is O=[N+]([O-])c1ccc(CNC2CCc3ccccc3C2)o1. The van der Waals surface area contributed by atoms with Gasteiger partial charge in [0.2, 0.25) is 0 Å². The summed E-state index contributed by atoms with van der Waals surface area (Å²) in [7, 11) is 0. The van der Waals surface area contributed by atoms with Gasteiger partial charge in [0.25, 0.3) is 0 Å². The molecule has 0 radical (unpaired) electrons. The van der Waals surface area contributed by atoms with Crippen molar-refractivity contribution in [3.05, 3.63) is 63.4 Å². The Labute approximate surface area is 116 Å². The van der Waals surface area contributed by atoms with E-state index in [1.54, 1.807) is 6.07 Å². The van der Waals surface area contributed by atoms with Crippen LogP contribution < -0.4 is 5.32 Å². The van der Waals surface area contributed by atoms with Crippen molar-refractivity contribution in [2.45, 2.75) is 31.8 Å². The summed E-state index contributed by atoms with van der Waals surface area (Å²) in [5, 5.41) is 14.0. The van der Waals surface area contributed by atoms with Gasteiger partial charge in [0.05, 0.1) is 12.6 Å². The second-order valence-electron chi connectivity index (χ2n) is 5.09. The first-order valence-corrected chi connectivity index (χ1v) is 6.75. The first-order chi connectivity index (χ1) is 9.72. The molecule has 0 spiro atoms. The van der Waals surface area contributed by atoms with E-state index in [0.717, 1.165) is 19.3 Å². The van der Waals surface area contributed by atoms with Crippen LogP contribution in [0.3, 0.4) is 0 Å². The summed E-state index contributed by atoms with van der Waals surface area (Å²) in [5.74, 6) is 0.409. The van der Waals surface area contributed by atoms with Crippen molar-refractivity contribution in [1.82, 2.24) is 5.32 Å². The number of nitrogens with one attached hydrogen (secondary N) is 1. The average molecular weight is 272 g/mol. The zero-order valence-electron chi connectivity index (χ0n) is 11.0. The zero-order valence-corrected chi connectivity index (χ0v) is 11.0. The highest BCUT2D eigenvalue weighted by Crippen LogP contribution is 2.22. The van der Waals surface area contributed by atoms with Crippen LogP contribution in [-0.4, -0.2) is 11.0 Å². The van der Waals surface area contributed by atoms with Crippen molar-refractivity contribution >= 4 is 5.88 Å². The van der Waals surface area contributed by atoms with Crippen LogP contribution >= 0.6 is 0 Å². The van der Waals surface area contributed by atoms with E-state index in [0.29, 0.717) is 18.3 Å². The Morgan fingerprint density at radius 2 is 2.05 bits per heavy atom. The lowest BCUT2D eigenvalue weighted by Gasteiger charge is -2.25. The predicted octanol–water partition coefficient (Wildman–Crippen LogP) is 2.83. The fourth-order valence-corrected chi connectivity index (χ4v) is 2.68. The minimum Gasteiger partial charge on any atom is -0.404 e. The van der Waals surface area contributed by atoms with Crippen molar-refractivity contribution in [3.8, 4) is 0 Å². The maximum absolute atomic E-state index is 10.5. The molecule has 1 aromatic carbocycles. The second-order valence-corrected chi connectivity index (χ2v) is 5.09. The van der Waals surface area contributed by atoms with E-state index in [-0.39, 0.29) is 5.88 Å². The van der Waals surface area contributed by atoms with Gasteiger partial charge in [0.1, 0.15) is 10.7 Å². The molecule has 3 rings (SSSR count). The highest BCUT2D eigenvalue weighted by atomic mass is 16.6. The number of hydrogen-bond acceptors (Lipinski definition) is 4. The van der Waals surface area contributed by atoms with Gasteiger partial charge in [-0.05, 0) is 36.5 Å². The summed E-state index contributed by atoms with van der Waals surface area (Å²) in [6.07, 6.45) is 3.16. The number of rotatable bonds is 4. The first-order valence-electron chi connectivity index (χ1n) is 6.75. The third-order valence-corrected chi connectivity index (χ3v) is 3.74. The highest BCUT2D eigenvalue weighted by molar-refractivity contribution is 5.30. The number of aryl methyl sites for hydroxylation is 1. The predicted molar refractivity (Wildman–Crippen MR) is 74.5 cm³/mol. The van der Waals surface area contributed by atoms with E-state index in [1.807, 2.05) is 0 Å². The van der Waals surface area contributed by atoms with Gasteiger partial charge in [0.15, 0.2) is 0 Å². The van der Waals surface area contributed by atoms with Crippen molar-refractivity contribution < 1.29 is 9.34 Å². The summed E-state index contributed by atoms with van der Waals surface area (Å²) < 4.78 is 5.14. The number of nitrogens with zero attached hydrogens (tertiary/aromatic N) is 1. The minimum absolute atomic E-state index is 0.198. The molecule has 0 fully saturated rings. The van der Waals surface area contributed by atoms with Crippen LogP contribution in [0.15, 0.2) is 40.8 Å². The van der Waals surface area contributed by atoms with Crippen molar-refractivity contribution in [1.29, 1.82) is 0 Å². The van der Waals surface area contributed by atoms with E-state index < -0.39 is 4.92 Å². The lowest BCUT2D eigenvalue weighted by Crippen LogP contribution is -2.33. The summed E-state index contributed by atoms with van der Waals surface area (Å²) in [6.45, 7) is 0.528. The molecule has 1 N–H and O–H groups in total. The normalized spacial score (nSPS) is 17.7. The van der Waals surface area contributed by atoms with Gasteiger partial charge < -0.3 is 9.73 Å². The number of hydrogen-bond donors (Lipinski definition) is 1.